The lowest BCUT2D eigenvalue weighted by molar-refractivity contribution is -0.154. The summed E-state index contributed by atoms with van der Waals surface area (Å²) in [4.78, 5) is 22.2. The molecule has 0 fully saturated rings. The van der Waals surface area contributed by atoms with E-state index in [1.165, 1.54) is 7.11 Å². The minimum atomic E-state index is -0.512. The van der Waals surface area contributed by atoms with Gasteiger partial charge >= 0.3 is 11.9 Å². The summed E-state index contributed by atoms with van der Waals surface area (Å²) in [5.74, 6) is -0.795. The number of carbonyl (C=O) groups excluding carboxylic acids is 2. The van der Waals surface area contributed by atoms with Gasteiger partial charge in [0.1, 0.15) is 11.6 Å². The first-order chi connectivity index (χ1) is 6.76. The minimum Gasteiger partial charge on any atom is -0.468 e. The molecular formula is C10H19NO4. The minimum absolute atomic E-state index is 0.00641. The highest BCUT2D eigenvalue weighted by Gasteiger charge is 2.18. The van der Waals surface area contributed by atoms with E-state index in [2.05, 4.69) is 10.1 Å². The van der Waals surface area contributed by atoms with E-state index in [0.29, 0.717) is 0 Å². The topological polar surface area (TPSA) is 64.6 Å². The van der Waals surface area contributed by atoms with Crippen molar-refractivity contribution in [2.24, 2.45) is 0 Å². The number of hydrogen-bond acceptors (Lipinski definition) is 5. The van der Waals surface area contributed by atoms with E-state index >= 15 is 0 Å². The lowest BCUT2D eigenvalue weighted by Crippen LogP contribution is -2.40. The quantitative estimate of drug-likeness (QED) is 0.694. The fourth-order valence-corrected chi connectivity index (χ4v) is 0.874. The number of rotatable bonds is 4. The van der Waals surface area contributed by atoms with Gasteiger partial charge in [0.2, 0.25) is 0 Å². The van der Waals surface area contributed by atoms with Gasteiger partial charge in [-0.2, -0.15) is 0 Å². The summed E-state index contributed by atoms with van der Waals surface area (Å²) in [6, 6.07) is -0.512. The van der Waals surface area contributed by atoms with Crippen LogP contribution in [0.2, 0.25) is 0 Å². The highest BCUT2D eigenvalue weighted by molar-refractivity contribution is 5.77. The van der Waals surface area contributed by atoms with E-state index in [0.717, 1.165) is 0 Å². The average Bonchev–Trinajstić information content (AvgIpc) is 2.10. The fourth-order valence-electron chi connectivity index (χ4n) is 0.874. The second-order valence-electron chi connectivity index (χ2n) is 4.21. The largest absolute Gasteiger partial charge is 0.468 e. The summed E-state index contributed by atoms with van der Waals surface area (Å²) in [6.45, 7) is 6.97. The molecule has 5 nitrogen and oxygen atoms in total. The van der Waals surface area contributed by atoms with E-state index in [1.54, 1.807) is 27.7 Å². The van der Waals surface area contributed by atoms with Crippen molar-refractivity contribution in [1.29, 1.82) is 0 Å². The molecule has 0 rings (SSSR count). The molecule has 15 heavy (non-hydrogen) atoms. The summed E-state index contributed by atoms with van der Waals surface area (Å²) in [5, 5.41) is 2.71. The summed E-state index contributed by atoms with van der Waals surface area (Å²) in [7, 11) is 1.30. The fraction of sp³-hybridized carbons (Fsp3) is 0.800. The van der Waals surface area contributed by atoms with Crippen molar-refractivity contribution in [2.75, 3.05) is 13.7 Å². The van der Waals surface area contributed by atoms with E-state index in [-0.39, 0.29) is 6.54 Å². The van der Waals surface area contributed by atoms with Crippen molar-refractivity contribution in [1.82, 2.24) is 5.32 Å². The molecule has 0 aliphatic rings. The van der Waals surface area contributed by atoms with Crippen molar-refractivity contribution in [3.8, 4) is 0 Å². The molecule has 0 saturated heterocycles. The van der Waals surface area contributed by atoms with Gasteiger partial charge in [0.25, 0.3) is 0 Å². The van der Waals surface area contributed by atoms with Crippen LogP contribution < -0.4 is 5.32 Å². The molecule has 0 aromatic carbocycles. The molecule has 0 spiro atoms. The number of nitrogens with one attached hydrogen (secondary N) is 1. The van der Waals surface area contributed by atoms with Gasteiger partial charge in [-0.05, 0) is 27.7 Å². The Morgan fingerprint density at radius 2 is 1.87 bits per heavy atom. The average molecular weight is 217 g/mol. The first-order valence-corrected chi connectivity index (χ1v) is 4.79. The Bertz CT molecular complexity index is 232. The third-order valence-electron chi connectivity index (χ3n) is 1.53. The summed E-state index contributed by atoms with van der Waals surface area (Å²) < 4.78 is 9.54. The highest BCUT2D eigenvalue weighted by Crippen LogP contribution is 2.06. The zero-order valence-electron chi connectivity index (χ0n) is 9.92. The maximum atomic E-state index is 11.2. The molecule has 1 atom stereocenters. The van der Waals surface area contributed by atoms with Crippen molar-refractivity contribution < 1.29 is 19.1 Å². The van der Waals surface area contributed by atoms with Crippen LogP contribution in [0.15, 0.2) is 0 Å². The van der Waals surface area contributed by atoms with Crippen LogP contribution in [0, 0.1) is 0 Å². The van der Waals surface area contributed by atoms with E-state index in [4.69, 9.17) is 4.74 Å². The van der Waals surface area contributed by atoms with Crippen LogP contribution in [-0.4, -0.2) is 37.2 Å². The van der Waals surface area contributed by atoms with Gasteiger partial charge in [-0.1, -0.05) is 0 Å². The van der Waals surface area contributed by atoms with Crippen LogP contribution in [-0.2, 0) is 19.1 Å². The predicted molar refractivity (Wildman–Crippen MR) is 55.3 cm³/mol. The monoisotopic (exact) mass is 217 g/mol. The lowest BCUT2D eigenvalue weighted by Gasteiger charge is -2.20. The summed E-state index contributed by atoms with van der Waals surface area (Å²) in [6.07, 6.45) is 0. The normalized spacial score (nSPS) is 13.1. The Balaban J connectivity index is 3.86. The molecule has 0 amide bonds. The first kappa shape index (κ1) is 13.9. The molecule has 0 bridgehead atoms. The lowest BCUT2D eigenvalue weighted by atomic mass is 10.2. The van der Waals surface area contributed by atoms with Gasteiger partial charge in [-0.3, -0.25) is 14.9 Å². The number of carbonyl (C=O) groups is 2. The van der Waals surface area contributed by atoms with Gasteiger partial charge in [0.05, 0.1) is 13.7 Å². The molecule has 1 unspecified atom stereocenters. The van der Waals surface area contributed by atoms with Crippen LogP contribution in [0.4, 0.5) is 0 Å². The van der Waals surface area contributed by atoms with Crippen molar-refractivity contribution in [3.63, 3.8) is 0 Å². The predicted octanol–water partition coefficient (Wildman–Crippen LogP) is 0.479. The Morgan fingerprint density at radius 3 is 2.27 bits per heavy atom. The Hall–Kier alpha value is -1.10. The van der Waals surface area contributed by atoms with Crippen LogP contribution in [0.1, 0.15) is 27.7 Å². The van der Waals surface area contributed by atoms with Crippen molar-refractivity contribution >= 4 is 11.9 Å². The smallest absolute Gasteiger partial charge is 0.322 e. The SMILES string of the molecule is COC(=O)C(C)NCC(=O)OC(C)(C)C. The number of esters is 2. The zero-order valence-corrected chi connectivity index (χ0v) is 9.92. The number of hydrogen-bond donors (Lipinski definition) is 1. The zero-order chi connectivity index (χ0) is 12.1. The van der Waals surface area contributed by atoms with E-state index < -0.39 is 23.6 Å². The maximum absolute atomic E-state index is 11.2. The van der Waals surface area contributed by atoms with Crippen LogP contribution in [0.3, 0.4) is 0 Å². The summed E-state index contributed by atoms with van der Waals surface area (Å²) >= 11 is 0. The molecule has 0 aromatic heterocycles. The van der Waals surface area contributed by atoms with Gasteiger partial charge in [-0.25, -0.2) is 0 Å². The van der Waals surface area contributed by atoms with Gasteiger partial charge in [0.15, 0.2) is 0 Å². The van der Waals surface area contributed by atoms with E-state index in [1.807, 2.05) is 0 Å². The molecule has 0 saturated carbocycles. The second kappa shape index (κ2) is 5.70. The van der Waals surface area contributed by atoms with Crippen LogP contribution >= 0.6 is 0 Å². The van der Waals surface area contributed by atoms with Crippen molar-refractivity contribution in [3.05, 3.63) is 0 Å². The molecule has 5 heteroatoms. The van der Waals surface area contributed by atoms with Gasteiger partial charge in [-0.15, -0.1) is 0 Å². The molecule has 0 heterocycles. The van der Waals surface area contributed by atoms with Crippen LogP contribution in [0.5, 0.6) is 0 Å². The molecule has 0 radical (unpaired) electrons. The molecule has 0 aromatic rings. The Morgan fingerprint density at radius 1 is 1.33 bits per heavy atom. The maximum Gasteiger partial charge on any atom is 0.322 e. The third-order valence-corrected chi connectivity index (χ3v) is 1.53. The summed E-state index contributed by atoms with van der Waals surface area (Å²) in [5.41, 5.74) is -0.507. The molecular weight excluding hydrogens is 198 g/mol. The highest BCUT2D eigenvalue weighted by atomic mass is 16.6. The van der Waals surface area contributed by atoms with Crippen molar-refractivity contribution in [2.45, 2.75) is 39.3 Å². The molecule has 0 aliphatic carbocycles. The second-order valence-corrected chi connectivity index (χ2v) is 4.21. The Labute approximate surface area is 90.1 Å². The standard InChI is InChI=1S/C10H19NO4/c1-7(9(13)14-5)11-6-8(12)15-10(2,3)4/h7,11H,6H2,1-5H3. The molecule has 88 valence electrons. The molecule has 0 aliphatic heterocycles. The van der Waals surface area contributed by atoms with Gasteiger partial charge < -0.3 is 9.47 Å². The van der Waals surface area contributed by atoms with E-state index in [9.17, 15) is 9.59 Å². The first-order valence-electron chi connectivity index (χ1n) is 4.79. The van der Waals surface area contributed by atoms with Gasteiger partial charge in [0, 0.05) is 0 Å². The molecule has 1 N–H and O–H groups in total. The Kier molecular flexibility index (Phi) is 5.28. The number of ether oxygens (including phenoxy) is 2. The van der Waals surface area contributed by atoms with Crippen LogP contribution in [0.25, 0.3) is 0 Å². The third kappa shape index (κ3) is 6.90. The number of methoxy groups -OCH3 is 1.